The number of halogens is 1. The molecule has 1 atom stereocenters. The molecule has 27 heavy (non-hydrogen) atoms. The minimum Gasteiger partial charge on any atom is -0.466 e. The molecule has 5 rings (SSSR count). The molecule has 2 aromatic rings. The molecule has 0 unspecified atom stereocenters. The topological polar surface area (TPSA) is 28.1 Å². The van der Waals surface area contributed by atoms with Gasteiger partial charge in [0.15, 0.2) is 0 Å². The number of hydrogen-bond donors (Lipinski definition) is 0. The second kappa shape index (κ2) is 6.64. The van der Waals surface area contributed by atoms with Crippen LogP contribution in [-0.2, 0) is 0 Å². The van der Waals surface area contributed by atoms with Crippen LogP contribution in [0.5, 0.6) is 5.75 Å². The van der Waals surface area contributed by atoms with Crippen LogP contribution in [0.3, 0.4) is 0 Å². The predicted molar refractivity (Wildman–Crippen MR) is 111 cm³/mol. The van der Waals surface area contributed by atoms with Crippen LogP contribution in [0, 0.1) is 0 Å². The normalized spacial score (nSPS) is 23.6. The Hall–Kier alpha value is -1.85. The van der Waals surface area contributed by atoms with Gasteiger partial charge in [0, 0.05) is 42.4 Å². The first-order valence-electron chi connectivity index (χ1n) is 9.81. The molecule has 3 aliphatic heterocycles. The number of hydrogen-bond acceptors (Lipinski definition) is 4. The van der Waals surface area contributed by atoms with Crippen molar-refractivity contribution in [2.45, 2.75) is 38.0 Å². The summed E-state index contributed by atoms with van der Waals surface area (Å²) in [5.41, 5.74) is 3.29. The zero-order valence-electron chi connectivity index (χ0n) is 15.6. The highest BCUT2D eigenvalue weighted by molar-refractivity contribution is 9.10. The van der Waals surface area contributed by atoms with Gasteiger partial charge in [-0.1, -0.05) is 53.2 Å². The predicted octanol–water partition coefficient (Wildman–Crippen LogP) is 4.80. The van der Waals surface area contributed by atoms with Gasteiger partial charge in [0.2, 0.25) is 5.72 Å². The van der Waals surface area contributed by atoms with Crippen molar-refractivity contribution in [1.29, 1.82) is 0 Å². The van der Waals surface area contributed by atoms with Crippen molar-refractivity contribution in [2.75, 3.05) is 19.6 Å². The molecule has 0 N–H and O–H groups in total. The summed E-state index contributed by atoms with van der Waals surface area (Å²) in [6, 6.07) is 17.2. The van der Waals surface area contributed by atoms with Gasteiger partial charge in [0.25, 0.3) is 0 Å². The van der Waals surface area contributed by atoms with Gasteiger partial charge in [0.05, 0.1) is 11.8 Å². The molecule has 5 heteroatoms. The lowest BCUT2D eigenvalue weighted by Crippen LogP contribution is -2.59. The second-order valence-corrected chi connectivity index (χ2v) is 8.56. The second-order valence-electron chi connectivity index (χ2n) is 7.64. The molecule has 0 aliphatic carbocycles. The molecule has 1 fully saturated rings. The Balaban J connectivity index is 1.57. The van der Waals surface area contributed by atoms with Crippen molar-refractivity contribution in [2.24, 2.45) is 5.10 Å². The molecule has 0 amide bonds. The largest absolute Gasteiger partial charge is 0.466 e. The van der Waals surface area contributed by atoms with Crippen LogP contribution in [0.15, 0.2) is 58.1 Å². The number of nitrogens with zero attached hydrogens (tertiary/aromatic N) is 3. The molecule has 0 radical (unpaired) electrons. The third-order valence-corrected chi connectivity index (χ3v) is 6.64. The van der Waals surface area contributed by atoms with Gasteiger partial charge in [-0.25, -0.2) is 5.01 Å². The highest BCUT2D eigenvalue weighted by Gasteiger charge is 2.51. The Kier molecular flexibility index (Phi) is 4.25. The minimum absolute atomic E-state index is 0.245. The Labute approximate surface area is 168 Å². The van der Waals surface area contributed by atoms with E-state index in [1.54, 1.807) is 0 Å². The Morgan fingerprint density at radius 3 is 2.67 bits per heavy atom. The first-order chi connectivity index (χ1) is 13.2. The Bertz CT molecular complexity index is 874. The Morgan fingerprint density at radius 1 is 1.15 bits per heavy atom. The molecule has 1 saturated heterocycles. The van der Waals surface area contributed by atoms with E-state index in [1.807, 2.05) is 0 Å². The number of likely N-dealkylation sites (tertiary alicyclic amines) is 1. The molecule has 2 aromatic carbocycles. The highest BCUT2D eigenvalue weighted by atomic mass is 79.9. The van der Waals surface area contributed by atoms with Crippen LogP contribution in [0.4, 0.5) is 0 Å². The maximum atomic E-state index is 6.68. The van der Waals surface area contributed by atoms with Crippen molar-refractivity contribution in [1.82, 2.24) is 9.91 Å². The minimum atomic E-state index is -0.326. The number of hydrazone groups is 1. The summed E-state index contributed by atoms with van der Waals surface area (Å²) in [5.74, 6) is 1.02. The average molecular weight is 426 g/mol. The fourth-order valence-corrected chi connectivity index (χ4v) is 4.99. The lowest BCUT2D eigenvalue weighted by Gasteiger charge is -2.51. The van der Waals surface area contributed by atoms with Crippen LogP contribution < -0.4 is 4.74 Å². The first-order valence-corrected chi connectivity index (χ1v) is 10.6. The highest BCUT2D eigenvalue weighted by Crippen LogP contribution is 2.50. The first kappa shape index (κ1) is 17.3. The van der Waals surface area contributed by atoms with Gasteiger partial charge in [0.1, 0.15) is 5.75 Å². The van der Waals surface area contributed by atoms with Gasteiger partial charge >= 0.3 is 0 Å². The molecule has 140 valence electrons. The fourth-order valence-electron chi connectivity index (χ4n) is 4.61. The number of piperidine rings is 1. The molecule has 3 heterocycles. The van der Waals surface area contributed by atoms with Gasteiger partial charge in [-0.2, -0.15) is 5.10 Å². The van der Waals surface area contributed by atoms with E-state index in [9.17, 15) is 0 Å². The van der Waals surface area contributed by atoms with Crippen LogP contribution in [0.1, 0.15) is 43.4 Å². The lowest BCUT2D eigenvalue weighted by molar-refractivity contribution is -0.149. The van der Waals surface area contributed by atoms with Crippen molar-refractivity contribution >= 4 is 21.6 Å². The summed E-state index contributed by atoms with van der Waals surface area (Å²) in [5, 5.41) is 7.42. The molecule has 1 spiro atoms. The number of fused-ring (bicyclic) bond motifs is 4. The lowest BCUT2D eigenvalue weighted by atomic mass is 9.91. The van der Waals surface area contributed by atoms with E-state index in [2.05, 4.69) is 81.3 Å². The van der Waals surface area contributed by atoms with E-state index < -0.39 is 0 Å². The molecule has 0 saturated carbocycles. The van der Waals surface area contributed by atoms with Crippen LogP contribution in [0.2, 0.25) is 0 Å². The van der Waals surface area contributed by atoms with Crippen molar-refractivity contribution < 1.29 is 4.74 Å². The standard InChI is InChI=1S/C22H24BrN3O/c1-2-25-12-10-22(11-13-25)26-20(18-14-17(23)8-9-21(18)27-22)15-19(24-26)16-6-4-3-5-7-16/h3-9,14,20H,2,10-13,15H2,1H3/t20-/m0/s1. The molecular formula is C22H24BrN3O. The van der Waals surface area contributed by atoms with E-state index in [0.29, 0.717) is 0 Å². The third kappa shape index (κ3) is 2.88. The quantitative estimate of drug-likeness (QED) is 0.691. The smallest absolute Gasteiger partial charge is 0.200 e. The number of ether oxygens (including phenoxy) is 1. The Morgan fingerprint density at radius 2 is 1.93 bits per heavy atom. The summed E-state index contributed by atoms with van der Waals surface area (Å²) < 4.78 is 7.77. The molecule has 0 bridgehead atoms. The zero-order valence-corrected chi connectivity index (χ0v) is 17.2. The van der Waals surface area contributed by atoms with Gasteiger partial charge in [-0.3, -0.25) is 0 Å². The molecule has 4 nitrogen and oxygen atoms in total. The number of rotatable bonds is 2. The van der Waals surface area contributed by atoms with Crippen molar-refractivity contribution in [3.8, 4) is 5.75 Å². The summed E-state index contributed by atoms with van der Waals surface area (Å²) >= 11 is 3.63. The molecule has 0 aromatic heterocycles. The molecule has 3 aliphatic rings. The van der Waals surface area contributed by atoms with Gasteiger partial charge in [-0.15, -0.1) is 0 Å². The van der Waals surface area contributed by atoms with Crippen molar-refractivity contribution in [3.05, 3.63) is 64.1 Å². The number of benzene rings is 2. The SMILES string of the molecule is CCN1CCC2(CC1)Oc1ccc(Br)cc1[C@@H]1CC(c3ccccc3)=NN12. The fraction of sp³-hybridized carbons (Fsp3) is 0.409. The summed E-state index contributed by atoms with van der Waals surface area (Å²) in [7, 11) is 0. The van der Waals surface area contributed by atoms with Crippen LogP contribution >= 0.6 is 15.9 Å². The van der Waals surface area contributed by atoms with Crippen molar-refractivity contribution in [3.63, 3.8) is 0 Å². The van der Waals surface area contributed by atoms with E-state index in [0.717, 1.165) is 54.8 Å². The summed E-state index contributed by atoms with van der Waals surface area (Å²) in [6.45, 7) is 5.45. The summed E-state index contributed by atoms with van der Waals surface area (Å²) in [4.78, 5) is 2.50. The monoisotopic (exact) mass is 425 g/mol. The average Bonchev–Trinajstić information content (AvgIpc) is 3.17. The van der Waals surface area contributed by atoms with Gasteiger partial charge in [-0.05, 0) is 30.3 Å². The zero-order chi connectivity index (χ0) is 18.4. The third-order valence-electron chi connectivity index (χ3n) is 6.15. The summed E-state index contributed by atoms with van der Waals surface area (Å²) in [6.07, 6.45) is 2.90. The van der Waals surface area contributed by atoms with E-state index in [-0.39, 0.29) is 11.8 Å². The maximum absolute atomic E-state index is 6.68. The van der Waals surface area contributed by atoms with E-state index >= 15 is 0 Å². The van der Waals surface area contributed by atoms with Crippen LogP contribution in [-0.4, -0.2) is 41.0 Å². The van der Waals surface area contributed by atoms with Gasteiger partial charge < -0.3 is 9.64 Å². The maximum Gasteiger partial charge on any atom is 0.200 e. The van der Waals surface area contributed by atoms with Crippen LogP contribution in [0.25, 0.3) is 0 Å². The molecular weight excluding hydrogens is 402 g/mol. The van der Waals surface area contributed by atoms with E-state index in [4.69, 9.17) is 9.84 Å². The van der Waals surface area contributed by atoms with E-state index in [1.165, 1.54) is 11.1 Å².